The summed E-state index contributed by atoms with van der Waals surface area (Å²) in [7, 11) is 1.50. The molecule has 3 N–H and O–H groups in total. The lowest BCUT2D eigenvalue weighted by Crippen LogP contribution is -2.50. The molecule has 3 amide bonds. The highest BCUT2D eigenvalue weighted by molar-refractivity contribution is 6.30. The van der Waals surface area contributed by atoms with E-state index in [0.29, 0.717) is 41.3 Å². The number of aromatic carboxylic acids is 1. The fourth-order valence-electron chi connectivity index (χ4n) is 4.45. The van der Waals surface area contributed by atoms with E-state index in [0.717, 1.165) is 17.0 Å². The molecule has 0 saturated heterocycles. The SMILES string of the molecule is CCC[C@@H](NC(=O)N1CC(NOCC)=NC[C@H](Cc2cc(Cl)ccc2OC)C1=O)c1ccc(C(=O)O)c([N+](=O)[O-])c1.Cl. The van der Waals surface area contributed by atoms with Crippen LogP contribution in [0, 0.1) is 16.0 Å². The lowest BCUT2D eigenvalue weighted by molar-refractivity contribution is -0.385. The van der Waals surface area contributed by atoms with Crippen molar-refractivity contribution in [2.75, 3.05) is 26.8 Å². The van der Waals surface area contributed by atoms with Gasteiger partial charge in [0.1, 0.15) is 17.1 Å². The Morgan fingerprint density at radius 2 is 2.00 bits per heavy atom. The first-order valence-electron chi connectivity index (χ1n) is 13.0. The summed E-state index contributed by atoms with van der Waals surface area (Å²) >= 11 is 6.18. The summed E-state index contributed by atoms with van der Waals surface area (Å²) in [6.45, 7) is 3.80. The quantitative estimate of drug-likeness (QED) is 0.239. The molecule has 0 saturated carbocycles. The monoisotopic (exact) mass is 625 g/mol. The summed E-state index contributed by atoms with van der Waals surface area (Å²) in [5.41, 5.74) is 2.62. The molecular formula is C27H33Cl2N5O8. The number of methoxy groups -OCH3 is 1. The molecule has 42 heavy (non-hydrogen) atoms. The van der Waals surface area contributed by atoms with Crippen LogP contribution in [0.2, 0.25) is 5.02 Å². The van der Waals surface area contributed by atoms with Crippen LogP contribution in [0.1, 0.15) is 54.2 Å². The molecule has 0 unspecified atom stereocenters. The third kappa shape index (κ3) is 8.54. The fourth-order valence-corrected chi connectivity index (χ4v) is 4.64. The number of carboxylic acid groups (broad SMARTS) is 1. The maximum absolute atomic E-state index is 13.7. The Bertz CT molecular complexity index is 1340. The largest absolute Gasteiger partial charge is 0.496 e. The molecule has 0 spiro atoms. The molecule has 0 aliphatic carbocycles. The zero-order valence-electron chi connectivity index (χ0n) is 23.3. The standard InChI is InChI=1S/C27H32ClN5O8.ClH/c1-4-6-21(16-7-9-20(26(35)36)22(13-16)33(38)39)30-27(37)32-15-24(31-41-5-2)29-14-18(25(32)34)11-17-12-19(28)8-10-23(17)40-3;/h7-10,12-13,18,21H,4-6,11,14-15H2,1-3H3,(H,29,31)(H,30,37)(H,35,36);1H/t18-,21+;/m0./s1. The maximum atomic E-state index is 13.7. The molecule has 2 aromatic rings. The average molecular weight is 626 g/mol. The van der Waals surface area contributed by atoms with E-state index in [9.17, 15) is 29.6 Å². The molecular weight excluding hydrogens is 593 g/mol. The molecule has 0 fully saturated rings. The lowest BCUT2D eigenvalue weighted by Gasteiger charge is -2.27. The summed E-state index contributed by atoms with van der Waals surface area (Å²) in [6, 6.07) is 7.25. The van der Waals surface area contributed by atoms with Gasteiger partial charge in [-0.3, -0.25) is 35.1 Å². The van der Waals surface area contributed by atoms with E-state index in [4.69, 9.17) is 21.2 Å². The third-order valence-electron chi connectivity index (χ3n) is 6.44. The maximum Gasteiger partial charge on any atom is 0.342 e. The normalized spacial score (nSPS) is 15.5. The van der Waals surface area contributed by atoms with Gasteiger partial charge in [0.15, 0.2) is 0 Å². The molecule has 0 radical (unpaired) electrons. The Hall–Kier alpha value is -3.94. The van der Waals surface area contributed by atoms with Crippen LogP contribution in [-0.2, 0) is 16.1 Å². The minimum Gasteiger partial charge on any atom is -0.496 e. The highest BCUT2D eigenvalue weighted by Crippen LogP contribution is 2.29. The summed E-state index contributed by atoms with van der Waals surface area (Å²) in [6.07, 6.45) is 1.15. The summed E-state index contributed by atoms with van der Waals surface area (Å²) in [5, 5.41) is 24.1. The van der Waals surface area contributed by atoms with E-state index < -0.39 is 46.0 Å². The zero-order valence-corrected chi connectivity index (χ0v) is 24.9. The number of benzene rings is 2. The topological polar surface area (TPSA) is 173 Å². The summed E-state index contributed by atoms with van der Waals surface area (Å²) in [4.78, 5) is 60.3. The van der Waals surface area contributed by atoms with E-state index in [1.165, 1.54) is 13.2 Å². The molecule has 15 heteroatoms. The van der Waals surface area contributed by atoms with Gasteiger partial charge in [0, 0.05) is 11.1 Å². The van der Waals surface area contributed by atoms with Gasteiger partial charge in [-0.15, -0.1) is 12.4 Å². The van der Waals surface area contributed by atoms with Crippen molar-refractivity contribution in [3.63, 3.8) is 0 Å². The van der Waals surface area contributed by atoms with Crippen LogP contribution in [-0.4, -0.2) is 65.5 Å². The van der Waals surface area contributed by atoms with Crippen molar-refractivity contribution in [3.05, 3.63) is 68.2 Å². The number of amides is 3. The first-order chi connectivity index (χ1) is 19.6. The number of carbonyl (C=O) groups excluding carboxylic acids is 2. The highest BCUT2D eigenvalue weighted by Gasteiger charge is 2.34. The minimum absolute atomic E-state index is 0. The van der Waals surface area contributed by atoms with Crippen molar-refractivity contribution in [2.45, 2.75) is 39.2 Å². The van der Waals surface area contributed by atoms with Crippen LogP contribution >= 0.6 is 24.0 Å². The van der Waals surface area contributed by atoms with Gasteiger partial charge in [0.05, 0.1) is 43.7 Å². The van der Waals surface area contributed by atoms with Crippen molar-refractivity contribution in [3.8, 4) is 5.75 Å². The van der Waals surface area contributed by atoms with E-state index in [1.54, 1.807) is 25.1 Å². The Balaban J connectivity index is 0.00000616. The lowest BCUT2D eigenvalue weighted by atomic mass is 9.97. The van der Waals surface area contributed by atoms with Crippen LogP contribution in [0.4, 0.5) is 10.5 Å². The number of imide groups is 1. The molecule has 228 valence electrons. The second-order valence-corrected chi connectivity index (χ2v) is 9.67. The number of carboxylic acids is 1. The number of ether oxygens (including phenoxy) is 1. The first-order valence-corrected chi connectivity index (χ1v) is 13.3. The number of rotatable bonds is 11. The number of nitrogens with zero attached hydrogens (tertiary/aromatic N) is 3. The average Bonchev–Trinajstić information content (AvgIpc) is 3.10. The van der Waals surface area contributed by atoms with Crippen molar-refractivity contribution >= 4 is 53.4 Å². The van der Waals surface area contributed by atoms with Gasteiger partial charge in [-0.2, -0.15) is 0 Å². The molecule has 3 rings (SSSR count). The van der Waals surface area contributed by atoms with Gasteiger partial charge >= 0.3 is 12.0 Å². The Kier molecular flexibility index (Phi) is 13.0. The first kappa shape index (κ1) is 34.3. The Labute approximate surface area is 253 Å². The summed E-state index contributed by atoms with van der Waals surface area (Å²) in [5.74, 6) is -1.87. The second-order valence-electron chi connectivity index (χ2n) is 9.23. The number of urea groups is 1. The number of nitro groups is 1. The van der Waals surface area contributed by atoms with Gasteiger partial charge < -0.3 is 15.2 Å². The number of hydrogen-bond acceptors (Lipinski definition) is 9. The number of nitro benzene ring substituents is 1. The summed E-state index contributed by atoms with van der Waals surface area (Å²) < 4.78 is 5.42. The van der Waals surface area contributed by atoms with Crippen molar-refractivity contribution < 1.29 is 34.0 Å². The molecule has 2 atom stereocenters. The number of hydrogen-bond donors (Lipinski definition) is 3. The highest BCUT2D eigenvalue weighted by atomic mass is 35.5. The van der Waals surface area contributed by atoms with E-state index >= 15 is 0 Å². The molecule has 0 bridgehead atoms. The molecule has 2 aromatic carbocycles. The van der Waals surface area contributed by atoms with E-state index in [-0.39, 0.29) is 37.8 Å². The number of nitrogens with one attached hydrogen (secondary N) is 2. The van der Waals surface area contributed by atoms with E-state index in [1.807, 2.05) is 6.92 Å². The van der Waals surface area contributed by atoms with Gasteiger partial charge in [-0.05, 0) is 55.2 Å². The number of amidine groups is 1. The van der Waals surface area contributed by atoms with Gasteiger partial charge in [-0.25, -0.2) is 9.59 Å². The smallest absolute Gasteiger partial charge is 0.342 e. The van der Waals surface area contributed by atoms with Gasteiger partial charge in [0.25, 0.3) is 5.69 Å². The van der Waals surface area contributed by atoms with Crippen molar-refractivity contribution in [2.24, 2.45) is 10.9 Å². The number of carbonyl (C=O) groups is 3. The Morgan fingerprint density at radius 1 is 1.26 bits per heavy atom. The molecule has 1 heterocycles. The van der Waals surface area contributed by atoms with Gasteiger partial charge in [0.2, 0.25) is 5.91 Å². The fraction of sp³-hybridized carbons (Fsp3) is 0.407. The van der Waals surface area contributed by atoms with Crippen LogP contribution in [0.15, 0.2) is 41.4 Å². The number of hydroxylamine groups is 1. The van der Waals surface area contributed by atoms with Crippen molar-refractivity contribution in [1.82, 2.24) is 15.7 Å². The molecule has 0 aromatic heterocycles. The van der Waals surface area contributed by atoms with Crippen LogP contribution in [0.5, 0.6) is 5.75 Å². The Morgan fingerprint density at radius 3 is 2.62 bits per heavy atom. The third-order valence-corrected chi connectivity index (χ3v) is 6.68. The minimum atomic E-state index is -1.44. The second kappa shape index (κ2) is 15.9. The van der Waals surface area contributed by atoms with Crippen molar-refractivity contribution in [1.29, 1.82) is 0 Å². The van der Waals surface area contributed by atoms with Crippen LogP contribution < -0.4 is 15.5 Å². The number of halogens is 2. The van der Waals surface area contributed by atoms with Crippen LogP contribution in [0.25, 0.3) is 0 Å². The molecule has 1 aliphatic heterocycles. The molecule has 1 aliphatic rings. The van der Waals surface area contributed by atoms with E-state index in [2.05, 4.69) is 15.8 Å². The number of aliphatic imine (C=N–C) groups is 1. The van der Waals surface area contributed by atoms with Crippen LogP contribution in [0.3, 0.4) is 0 Å². The predicted octanol–water partition coefficient (Wildman–Crippen LogP) is 4.57. The molecule has 13 nitrogen and oxygen atoms in total. The zero-order chi connectivity index (χ0) is 30.1. The predicted molar refractivity (Wildman–Crippen MR) is 157 cm³/mol. The van der Waals surface area contributed by atoms with Gasteiger partial charge in [-0.1, -0.05) is 31.0 Å².